The maximum Gasteiger partial charge on any atom is 0.264 e. The van der Waals surface area contributed by atoms with Gasteiger partial charge in [0.25, 0.3) is 15.9 Å². The Morgan fingerprint density at radius 2 is 1.72 bits per heavy atom. The van der Waals surface area contributed by atoms with Gasteiger partial charge in [0.1, 0.15) is 6.61 Å². The van der Waals surface area contributed by atoms with E-state index in [9.17, 15) is 13.2 Å². The van der Waals surface area contributed by atoms with Crippen LogP contribution >= 0.6 is 12.4 Å². The highest BCUT2D eigenvalue weighted by Crippen LogP contribution is 2.51. The van der Waals surface area contributed by atoms with Crippen molar-refractivity contribution >= 4 is 34.3 Å². The highest BCUT2D eigenvalue weighted by Gasteiger charge is 2.52. The van der Waals surface area contributed by atoms with E-state index in [4.69, 9.17) is 4.74 Å². The summed E-state index contributed by atoms with van der Waals surface area (Å²) >= 11 is 0. The quantitative estimate of drug-likeness (QED) is 0.331. The number of sulfonamides is 1. The summed E-state index contributed by atoms with van der Waals surface area (Å²) in [5.41, 5.74) is 4.06. The van der Waals surface area contributed by atoms with Crippen molar-refractivity contribution in [3.8, 4) is 17.1 Å². The number of anilines is 1. The second kappa shape index (κ2) is 13.1. The lowest BCUT2D eigenvalue weighted by Crippen LogP contribution is -2.58. The molecule has 1 amide bonds. The van der Waals surface area contributed by atoms with E-state index in [1.807, 2.05) is 36.9 Å². The minimum Gasteiger partial charge on any atom is -0.475 e. The minimum atomic E-state index is -4.10. The van der Waals surface area contributed by atoms with Crippen LogP contribution in [0.25, 0.3) is 11.3 Å². The Hall–Kier alpha value is -3.21. The lowest BCUT2D eigenvalue weighted by Gasteiger charge is -2.52. The molecule has 2 aromatic carbocycles. The van der Waals surface area contributed by atoms with Crippen LogP contribution in [0.15, 0.2) is 53.4 Å². The normalized spacial score (nSPS) is 24.3. The third-order valence-corrected chi connectivity index (χ3v) is 11.1. The SMILES string of the molecule is Cc1cccc(C)c1-c1cc2nc(n1)NS(=O)(=O)c1cccc(c1)C(=O)N(C1CC3(CCN(C(C)C)C3)C1)[C@H](CC(C)C)CO2.Cl. The molecule has 0 radical (unpaired) electrons. The van der Waals surface area contributed by atoms with E-state index in [0.29, 0.717) is 23.2 Å². The van der Waals surface area contributed by atoms with Crippen molar-refractivity contribution in [2.75, 3.05) is 24.4 Å². The fraction of sp³-hybridized carbons (Fsp3) is 0.514. The van der Waals surface area contributed by atoms with Gasteiger partial charge in [0, 0.05) is 35.8 Å². The molecule has 6 rings (SSSR count). The fourth-order valence-electron chi connectivity index (χ4n) is 7.51. The number of halogens is 1. The van der Waals surface area contributed by atoms with E-state index in [2.05, 4.69) is 47.3 Å². The summed E-state index contributed by atoms with van der Waals surface area (Å²) in [5, 5.41) is 0. The molecule has 2 aliphatic heterocycles. The van der Waals surface area contributed by atoms with Gasteiger partial charge < -0.3 is 14.5 Å². The number of fused-ring (bicyclic) bond motifs is 4. The Morgan fingerprint density at radius 3 is 2.37 bits per heavy atom. The summed E-state index contributed by atoms with van der Waals surface area (Å²) in [6, 6.07) is 14.4. The third-order valence-electron chi connectivity index (χ3n) is 9.78. The van der Waals surface area contributed by atoms with Crippen molar-refractivity contribution in [3.05, 3.63) is 65.2 Å². The van der Waals surface area contributed by atoms with E-state index >= 15 is 0 Å². The second-order valence-corrected chi connectivity index (χ2v) is 15.7. The predicted molar refractivity (Wildman–Crippen MR) is 183 cm³/mol. The average Bonchev–Trinajstić information content (AvgIpc) is 3.41. The number of hydrogen-bond acceptors (Lipinski definition) is 7. The zero-order valence-electron chi connectivity index (χ0n) is 27.6. The summed E-state index contributed by atoms with van der Waals surface area (Å²) in [4.78, 5) is 28.1. The van der Waals surface area contributed by atoms with E-state index in [0.717, 1.165) is 55.5 Å². The van der Waals surface area contributed by atoms with Crippen LogP contribution in [0.4, 0.5) is 5.95 Å². The Kier molecular flexibility index (Phi) is 9.74. The number of carbonyl (C=O) groups is 1. The third kappa shape index (κ3) is 6.75. The van der Waals surface area contributed by atoms with Crippen LogP contribution in [0.1, 0.15) is 74.9 Å². The van der Waals surface area contributed by atoms with Crippen LogP contribution in [-0.4, -0.2) is 71.9 Å². The van der Waals surface area contributed by atoms with Gasteiger partial charge in [-0.15, -0.1) is 12.4 Å². The zero-order chi connectivity index (χ0) is 32.1. The molecule has 46 heavy (non-hydrogen) atoms. The number of aryl methyl sites for hydroxylation is 2. The predicted octanol–water partition coefficient (Wildman–Crippen LogP) is 6.50. The number of aromatic nitrogens is 2. The molecular weight excluding hydrogens is 622 g/mol. The summed E-state index contributed by atoms with van der Waals surface area (Å²) in [6.45, 7) is 15.2. The van der Waals surface area contributed by atoms with E-state index in [1.165, 1.54) is 12.1 Å². The molecule has 0 unspecified atom stereocenters. The van der Waals surface area contributed by atoms with Gasteiger partial charge in [-0.3, -0.25) is 4.79 Å². The first-order chi connectivity index (χ1) is 21.3. The van der Waals surface area contributed by atoms with E-state index < -0.39 is 10.0 Å². The minimum absolute atomic E-state index is 0. The van der Waals surface area contributed by atoms with Gasteiger partial charge in [-0.2, -0.15) is 4.98 Å². The van der Waals surface area contributed by atoms with Crippen LogP contribution in [0.2, 0.25) is 0 Å². The van der Waals surface area contributed by atoms with Gasteiger partial charge in [-0.1, -0.05) is 38.1 Å². The molecule has 248 valence electrons. The molecule has 3 heterocycles. The first-order valence-electron chi connectivity index (χ1n) is 16.1. The molecule has 1 saturated heterocycles. The van der Waals surface area contributed by atoms with Crippen LogP contribution in [0.5, 0.6) is 5.88 Å². The van der Waals surface area contributed by atoms with Gasteiger partial charge in [-0.25, -0.2) is 18.1 Å². The lowest BCUT2D eigenvalue weighted by atomic mass is 9.64. The van der Waals surface area contributed by atoms with Crippen LogP contribution in [0.3, 0.4) is 0 Å². The van der Waals surface area contributed by atoms with Gasteiger partial charge >= 0.3 is 0 Å². The number of rotatable bonds is 5. The van der Waals surface area contributed by atoms with Crippen LogP contribution < -0.4 is 9.46 Å². The van der Waals surface area contributed by atoms with E-state index in [1.54, 1.807) is 18.2 Å². The molecule has 4 bridgehead atoms. The molecule has 11 heteroatoms. The Labute approximate surface area is 279 Å². The number of nitrogens with one attached hydrogen (secondary N) is 1. The first-order valence-corrected chi connectivity index (χ1v) is 17.6. The second-order valence-electron chi connectivity index (χ2n) is 14.0. The number of nitrogens with zero attached hydrogens (tertiary/aromatic N) is 4. The number of likely N-dealkylation sites (tertiary alicyclic amines) is 1. The number of ether oxygens (including phenoxy) is 1. The molecule has 3 aliphatic rings. The molecule has 1 spiro atoms. The van der Waals surface area contributed by atoms with Crippen molar-refractivity contribution in [1.29, 1.82) is 0 Å². The molecule has 1 N–H and O–H groups in total. The van der Waals surface area contributed by atoms with Crippen molar-refractivity contribution in [2.24, 2.45) is 11.3 Å². The molecular formula is C35H46ClN5O4S. The van der Waals surface area contributed by atoms with Crippen molar-refractivity contribution < 1.29 is 17.9 Å². The molecule has 1 saturated carbocycles. The smallest absolute Gasteiger partial charge is 0.264 e. The van der Waals surface area contributed by atoms with Gasteiger partial charge in [0.15, 0.2) is 0 Å². The topological polar surface area (TPSA) is 105 Å². The van der Waals surface area contributed by atoms with Crippen LogP contribution in [-0.2, 0) is 10.0 Å². The molecule has 1 aliphatic carbocycles. The van der Waals surface area contributed by atoms with Crippen molar-refractivity contribution in [1.82, 2.24) is 19.8 Å². The molecule has 1 aromatic heterocycles. The lowest BCUT2D eigenvalue weighted by molar-refractivity contribution is -0.0200. The summed E-state index contributed by atoms with van der Waals surface area (Å²) in [6.07, 6.45) is 3.75. The standard InChI is InChI=1S/C35H45N5O4S.ClH/c1-22(2)15-27-20-44-31-17-30(32-24(5)9-7-10-25(32)6)36-34(37-31)38-45(42,43)29-12-8-11-26(16-29)33(41)40(27)28-18-35(19-28)13-14-39(21-35)23(3)4;/h7-12,16-17,22-23,27-28H,13-15,18-21H2,1-6H3,(H,36,37,38);1H/t27-,28?,35?;/m1./s1. The van der Waals surface area contributed by atoms with Crippen molar-refractivity contribution in [3.63, 3.8) is 0 Å². The maximum atomic E-state index is 14.4. The summed E-state index contributed by atoms with van der Waals surface area (Å²) < 4.78 is 36.3. The summed E-state index contributed by atoms with van der Waals surface area (Å²) in [5.74, 6) is 0.338. The Bertz CT molecular complexity index is 1690. The molecule has 2 fully saturated rings. The molecule has 1 atom stereocenters. The highest BCUT2D eigenvalue weighted by atomic mass is 35.5. The summed E-state index contributed by atoms with van der Waals surface area (Å²) in [7, 11) is -4.10. The molecule has 3 aromatic rings. The fourth-order valence-corrected chi connectivity index (χ4v) is 8.50. The van der Waals surface area contributed by atoms with E-state index in [-0.39, 0.29) is 59.1 Å². The highest BCUT2D eigenvalue weighted by molar-refractivity contribution is 7.92. The zero-order valence-corrected chi connectivity index (χ0v) is 29.2. The number of hydrogen-bond donors (Lipinski definition) is 1. The first kappa shape index (κ1) is 34.1. The Morgan fingerprint density at radius 1 is 1.02 bits per heavy atom. The number of benzene rings is 2. The number of carbonyl (C=O) groups excluding carboxylic acids is 1. The molecule has 9 nitrogen and oxygen atoms in total. The van der Waals surface area contributed by atoms with Gasteiger partial charge in [0.05, 0.1) is 16.6 Å². The maximum absolute atomic E-state index is 14.4. The van der Waals surface area contributed by atoms with Crippen molar-refractivity contribution in [2.45, 2.75) is 90.2 Å². The monoisotopic (exact) mass is 667 g/mol. The average molecular weight is 668 g/mol. The van der Waals surface area contributed by atoms with Crippen LogP contribution in [0, 0.1) is 25.2 Å². The van der Waals surface area contributed by atoms with Gasteiger partial charge in [-0.05, 0) is 101 Å². The number of amides is 1. The largest absolute Gasteiger partial charge is 0.475 e. The Balaban J connectivity index is 0.00000417. The van der Waals surface area contributed by atoms with Gasteiger partial charge in [0.2, 0.25) is 11.8 Å².